The van der Waals surface area contributed by atoms with Gasteiger partial charge in [-0.05, 0) is 116 Å². The van der Waals surface area contributed by atoms with E-state index in [0.717, 1.165) is 89.9 Å². The van der Waals surface area contributed by atoms with Gasteiger partial charge in [-0.25, -0.2) is 0 Å². The first kappa shape index (κ1) is 61.1. The summed E-state index contributed by atoms with van der Waals surface area (Å²) < 4.78 is 17.4. The van der Waals surface area contributed by atoms with Gasteiger partial charge in [-0.15, -0.1) is 0 Å². The highest BCUT2D eigenvalue weighted by molar-refractivity contribution is 5.70. The van der Waals surface area contributed by atoms with Crippen LogP contribution in [0.3, 0.4) is 0 Å². The van der Waals surface area contributed by atoms with Crippen molar-refractivity contribution >= 4 is 11.9 Å². The SMILES string of the molecule is CC/C=C\C/C=C\C/C=C\CCCCCC(=O)OC(COCCCCCCCC/C=C\C/C=C\CCCCC)COC(=O)CCCCCCCCCCC/C=C\C/C=C\CCCCC. The molecule has 0 N–H and O–H groups in total. The van der Waals surface area contributed by atoms with Gasteiger partial charge in [-0.1, -0.05) is 209 Å². The fourth-order valence-corrected chi connectivity index (χ4v) is 7.35. The molecule has 1 unspecified atom stereocenters. The molecule has 5 heteroatoms. The lowest BCUT2D eigenvalue weighted by atomic mass is 10.1. The average Bonchev–Trinajstić information content (AvgIpc) is 3.30. The molecule has 0 radical (unpaired) electrons. The summed E-state index contributed by atoms with van der Waals surface area (Å²) in [6.07, 6.45) is 71.7. The largest absolute Gasteiger partial charge is 0.462 e. The van der Waals surface area contributed by atoms with Crippen molar-refractivity contribution in [2.24, 2.45) is 0 Å². The van der Waals surface area contributed by atoms with Crippen molar-refractivity contribution in [1.82, 2.24) is 0 Å². The molecule has 0 saturated heterocycles. The van der Waals surface area contributed by atoms with E-state index in [-0.39, 0.29) is 25.2 Å². The summed E-state index contributed by atoms with van der Waals surface area (Å²) in [5, 5.41) is 0. The Morgan fingerprint density at radius 3 is 1.14 bits per heavy atom. The smallest absolute Gasteiger partial charge is 0.306 e. The molecule has 0 heterocycles. The third kappa shape index (κ3) is 51.7. The molecule has 0 aromatic heterocycles. The topological polar surface area (TPSA) is 61.8 Å². The minimum absolute atomic E-state index is 0.0639. The lowest BCUT2D eigenvalue weighted by Crippen LogP contribution is -2.30. The molecule has 0 aliphatic carbocycles. The Morgan fingerprint density at radius 2 is 0.703 bits per heavy atom. The van der Waals surface area contributed by atoms with Gasteiger partial charge in [0.2, 0.25) is 0 Å². The third-order valence-corrected chi connectivity index (χ3v) is 11.4. The first-order chi connectivity index (χ1) is 31.6. The second-order valence-electron chi connectivity index (χ2n) is 17.7. The Morgan fingerprint density at radius 1 is 0.359 bits per heavy atom. The van der Waals surface area contributed by atoms with Crippen LogP contribution in [-0.4, -0.2) is 37.9 Å². The molecule has 64 heavy (non-hydrogen) atoms. The van der Waals surface area contributed by atoms with Crippen molar-refractivity contribution in [3.8, 4) is 0 Å². The van der Waals surface area contributed by atoms with E-state index in [1.54, 1.807) is 0 Å². The van der Waals surface area contributed by atoms with E-state index in [1.165, 1.54) is 128 Å². The number of esters is 2. The summed E-state index contributed by atoms with van der Waals surface area (Å²) in [7, 11) is 0. The van der Waals surface area contributed by atoms with Crippen LogP contribution >= 0.6 is 0 Å². The zero-order valence-corrected chi connectivity index (χ0v) is 42.3. The number of unbranched alkanes of at least 4 members (excludes halogenated alkanes) is 24. The molecule has 0 spiro atoms. The number of ether oxygens (including phenoxy) is 3. The molecule has 0 bridgehead atoms. The quantitative estimate of drug-likeness (QED) is 0.0346. The number of rotatable bonds is 49. The van der Waals surface area contributed by atoms with E-state index in [4.69, 9.17) is 14.2 Å². The second kappa shape index (κ2) is 54.4. The van der Waals surface area contributed by atoms with Gasteiger partial charge in [0.15, 0.2) is 6.10 Å². The number of carbonyl (C=O) groups excluding carboxylic acids is 2. The monoisotopic (exact) mass is 891 g/mol. The second-order valence-corrected chi connectivity index (χ2v) is 17.7. The molecule has 0 aliphatic heterocycles. The van der Waals surface area contributed by atoms with Gasteiger partial charge in [0.25, 0.3) is 0 Å². The molecule has 368 valence electrons. The fourth-order valence-electron chi connectivity index (χ4n) is 7.35. The Bertz CT molecular complexity index is 1190. The summed E-state index contributed by atoms with van der Waals surface area (Å²) in [6, 6.07) is 0. The third-order valence-electron chi connectivity index (χ3n) is 11.4. The molecule has 0 aromatic carbocycles. The van der Waals surface area contributed by atoms with E-state index in [2.05, 4.69) is 106 Å². The highest BCUT2D eigenvalue weighted by atomic mass is 16.6. The Hall–Kier alpha value is -2.92. The molecule has 5 nitrogen and oxygen atoms in total. The van der Waals surface area contributed by atoms with Gasteiger partial charge in [-0.2, -0.15) is 0 Å². The maximum absolute atomic E-state index is 12.8. The Kier molecular flexibility index (Phi) is 51.9. The molecule has 0 rings (SSSR count). The average molecular weight is 891 g/mol. The molecule has 0 aromatic rings. The van der Waals surface area contributed by atoms with Crippen LogP contribution in [0.5, 0.6) is 0 Å². The molecule has 0 saturated carbocycles. The van der Waals surface area contributed by atoms with E-state index in [1.807, 2.05) is 0 Å². The maximum atomic E-state index is 12.8. The summed E-state index contributed by atoms with van der Waals surface area (Å²) in [5.74, 6) is -0.440. The van der Waals surface area contributed by atoms with E-state index in [9.17, 15) is 9.59 Å². The van der Waals surface area contributed by atoms with Gasteiger partial charge >= 0.3 is 11.9 Å². The van der Waals surface area contributed by atoms with Gasteiger partial charge in [0.1, 0.15) is 6.61 Å². The van der Waals surface area contributed by atoms with Gasteiger partial charge in [0, 0.05) is 19.4 Å². The van der Waals surface area contributed by atoms with Crippen LogP contribution in [0.15, 0.2) is 85.1 Å². The summed E-state index contributed by atoms with van der Waals surface area (Å²) in [6.45, 7) is 7.62. The van der Waals surface area contributed by atoms with Gasteiger partial charge in [0.05, 0.1) is 6.61 Å². The highest BCUT2D eigenvalue weighted by Gasteiger charge is 2.17. The minimum Gasteiger partial charge on any atom is -0.462 e. The zero-order valence-electron chi connectivity index (χ0n) is 42.3. The van der Waals surface area contributed by atoms with Crippen LogP contribution in [0, 0.1) is 0 Å². The highest BCUT2D eigenvalue weighted by Crippen LogP contribution is 2.14. The number of allylic oxidation sites excluding steroid dienone is 14. The number of hydrogen-bond donors (Lipinski definition) is 0. The van der Waals surface area contributed by atoms with E-state index < -0.39 is 6.10 Å². The van der Waals surface area contributed by atoms with Crippen molar-refractivity contribution in [3.63, 3.8) is 0 Å². The van der Waals surface area contributed by atoms with Crippen molar-refractivity contribution < 1.29 is 23.8 Å². The Labute approximate surface area is 397 Å². The zero-order chi connectivity index (χ0) is 46.3. The van der Waals surface area contributed by atoms with Crippen LogP contribution in [0.1, 0.15) is 252 Å². The summed E-state index contributed by atoms with van der Waals surface area (Å²) in [4.78, 5) is 25.4. The van der Waals surface area contributed by atoms with Gasteiger partial charge in [-0.3, -0.25) is 9.59 Å². The summed E-state index contributed by atoms with van der Waals surface area (Å²) >= 11 is 0. The first-order valence-corrected chi connectivity index (χ1v) is 27.1. The fraction of sp³-hybridized carbons (Fsp3) is 0.729. The molecule has 1 atom stereocenters. The molecule has 0 amide bonds. The van der Waals surface area contributed by atoms with E-state index >= 15 is 0 Å². The molecular weight excluding hydrogens is 789 g/mol. The van der Waals surface area contributed by atoms with Crippen molar-refractivity contribution in [2.45, 2.75) is 258 Å². The number of carbonyl (C=O) groups is 2. The van der Waals surface area contributed by atoms with Crippen LogP contribution in [0.4, 0.5) is 0 Å². The van der Waals surface area contributed by atoms with Crippen molar-refractivity contribution in [3.05, 3.63) is 85.1 Å². The van der Waals surface area contributed by atoms with E-state index in [0.29, 0.717) is 19.4 Å². The van der Waals surface area contributed by atoms with Crippen LogP contribution in [-0.2, 0) is 23.8 Å². The lowest BCUT2D eigenvalue weighted by Gasteiger charge is -2.18. The normalized spacial score (nSPS) is 12.9. The van der Waals surface area contributed by atoms with Crippen LogP contribution in [0.2, 0.25) is 0 Å². The van der Waals surface area contributed by atoms with Crippen molar-refractivity contribution in [2.75, 3.05) is 19.8 Å². The predicted octanol–water partition coefficient (Wildman–Crippen LogP) is 18.5. The minimum atomic E-state index is -0.562. The molecular formula is C59H102O5. The lowest BCUT2D eigenvalue weighted by molar-refractivity contribution is -0.163. The van der Waals surface area contributed by atoms with Crippen LogP contribution in [0.25, 0.3) is 0 Å². The van der Waals surface area contributed by atoms with Crippen molar-refractivity contribution in [1.29, 1.82) is 0 Å². The molecule has 0 aliphatic rings. The number of hydrogen-bond acceptors (Lipinski definition) is 5. The first-order valence-electron chi connectivity index (χ1n) is 27.1. The molecule has 0 fully saturated rings. The summed E-state index contributed by atoms with van der Waals surface area (Å²) in [5.41, 5.74) is 0. The Balaban J connectivity index is 4.30. The van der Waals surface area contributed by atoms with Gasteiger partial charge < -0.3 is 14.2 Å². The standard InChI is InChI=1S/C59H102O5/c1-4-7-10-13-16-19-22-25-27-29-30-31-32-35-37-40-43-46-49-52-58(60)63-56-57(64-59(61)53-50-47-44-41-38-34-24-21-18-15-12-9-6-3)55-62-54-51-48-45-42-39-36-33-28-26-23-20-17-14-11-8-5-2/h9,12,16-21,25-28,34,38,57H,4-8,10-11,13-15,22-24,29-33,35-37,39-56H2,1-3H3/b12-9-,19-16-,20-17-,21-18-,27-25-,28-26-,38-34-. The maximum Gasteiger partial charge on any atom is 0.306 e. The van der Waals surface area contributed by atoms with Crippen LogP contribution < -0.4 is 0 Å². The predicted molar refractivity (Wildman–Crippen MR) is 279 cm³/mol.